The maximum atomic E-state index is 13.3. The highest BCUT2D eigenvalue weighted by Gasteiger charge is 2.44. The molecule has 0 bridgehead atoms. The van der Waals surface area contributed by atoms with Crippen molar-refractivity contribution in [2.24, 2.45) is 17.8 Å². The molecule has 46 heavy (non-hydrogen) atoms. The molecular weight excluding hydrogens is 602 g/mol. The third-order valence-corrected chi connectivity index (χ3v) is 7.60. The Morgan fingerprint density at radius 2 is 1.17 bits per heavy atom. The van der Waals surface area contributed by atoms with E-state index < -0.39 is 47.7 Å². The summed E-state index contributed by atoms with van der Waals surface area (Å²) in [5, 5.41) is 27.1. The smallest absolute Gasteiger partial charge is 0.326 e. The first-order valence-corrected chi connectivity index (χ1v) is 16.2. The molecule has 262 valence electrons. The topological polar surface area (TPSA) is 199 Å². The Kier molecular flexibility index (Phi) is 22.1. The molecule has 1 fully saturated rings. The van der Waals surface area contributed by atoms with Crippen molar-refractivity contribution in [3.63, 3.8) is 0 Å². The van der Waals surface area contributed by atoms with Crippen LogP contribution in [0.4, 0.5) is 0 Å². The first-order valence-electron chi connectivity index (χ1n) is 16.2. The largest absolute Gasteiger partial charge is 0.480 e. The lowest BCUT2D eigenvalue weighted by molar-refractivity contribution is -0.145. The number of hydrogen-bond donors (Lipinski definition) is 5. The van der Waals surface area contributed by atoms with Gasteiger partial charge >= 0.3 is 11.9 Å². The highest BCUT2D eigenvalue weighted by atomic mass is 16.6. The zero-order valence-corrected chi connectivity index (χ0v) is 27.3. The molecule has 1 aliphatic rings. The van der Waals surface area contributed by atoms with E-state index >= 15 is 0 Å². The highest BCUT2D eigenvalue weighted by molar-refractivity contribution is 5.92. The molecule has 0 saturated heterocycles. The lowest BCUT2D eigenvalue weighted by Gasteiger charge is -2.23. The zero-order chi connectivity index (χ0) is 34.2. The number of unbranched alkanes of at least 4 members (excludes halogenated alkanes) is 2. The number of aliphatic carboxylic acids is 2. The Balaban J connectivity index is 2.57. The van der Waals surface area contributed by atoms with Crippen molar-refractivity contribution in [2.45, 2.75) is 83.7 Å². The van der Waals surface area contributed by atoms with Gasteiger partial charge in [-0.25, -0.2) is 9.59 Å². The highest BCUT2D eigenvalue weighted by Crippen LogP contribution is 2.39. The van der Waals surface area contributed by atoms with Gasteiger partial charge in [0.1, 0.15) is 18.7 Å². The standard InChI is InChI=1S/C32H53N3O11/c1-4-7-9-26(31(39)40)34-29(37)24-20-23(21-25(24)30(38)35-27(32(41)42)10-8-5-2)22-28(36)33-11-13-44-15-17-46-19-18-45-16-14-43-12-6-3/h3,23-27H,4-5,7-22H2,1-2H3,(H,33,36)(H,34,37)(H,35,38)(H,39,40)(H,41,42)/t24-,25-,26+,27+/m1/s1. The van der Waals surface area contributed by atoms with Crippen LogP contribution < -0.4 is 16.0 Å². The lowest BCUT2D eigenvalue weighted by Crippen LogP contribution is -2.48. The van der Waals surface area contributed by atoms with Crippen LogP contribution >= 0.6 is 0 Å². The minimum Gasteiger partial charge on any atom is -0.480 e. The van der Waals surface area contributed by atoms with Crippen LogP contribution in [-0.2, 0) is 42.9 Å². The zero-order valence-electron chi connectivity index (χ0n) is 27.3. The number of nitrogens with one attached hydrogen (secondary N) is 3. The molecule has 0 unspecified atom stereocenters. The van der Waals surface area contributed by atoms with Gasteiger partial charge in [-0.2, -0.15) is 0 Å². The predicted molar refractivity (Wildman–Crippen MR) is 168 cm³/mol. The fourth-order valence-electron chi connectivity index (χ4n) is 5.17. The molecule has 0 aromatic heterocycles. The van der Waals surface area contributed by atoms with Crippen LogP contribution in [0, 0.1) is 30.1 Å². The summed E-state index contributed by atoms with van der Waals surface area (Å²) >= 11 is 0. The van der Waals surface area contributed by atoms with Crippen molar-refractivity contribution in [3.05, 3.63) is 0 Å². The summed E-state index contributed by atoms with van der Waals surface area (Å²) < 4.78 is 21.3. The van der Waals surface area contributed by atoms with Gasteiger partial charge in [-0.15, -0.1) is 6.42 Å². The molecule has 5 N–H and O–H groups in total. The second kappa shape index (κ2) is 24.9. The summed E-state index contributed by atoms with van der Waals surface area (Å²) in [6, 6.07) is -2.20. The van der Waals surface area contributed by atoms with Crippen molar-refractivity contribution in [1.29, 1.82) is 0 Å². The number of carboxylic acid groups (broad SMARTS) is 2. The summed E-state index contributed by atoms with van der Waals surface area (Å²) in [6.07, 6.45) is 8.72. The molecular formula is C32H53N3O11. The van der Waals surface area contributed by atoms with E-state index in [4.69, 9.17) is 25.4 Å². The van der Waals surface area contributed by atoms with Crippen molar-refractivity contribution in [2.75, 3.05) is 59.4 Å². The minimum absolute atomic E-state index is 0.0564. The van der Waals surface area contributed by atoms with E-state index in [1.54, 1.807) is 0 Å². The fourth-order valence-corrected chi connectivity index (χ4v) is 5.17. The fraction of sp³-hybridized carbons (Fsp3) is 0.781. The molecule has 0 heterocycles. The van der Waals surface area contributed by atoms with Crippen LogP contribution in [0.1, 0.15) is 71.6 Å². The molecule has 1 saturated carbocycles. The van der Waals surface area contributed by atoms with Crippen molar-refractivity contribution in [1.82, 2.24) is 16.0 Å². The van der Waals surface area contributed by atoms with E-state index in [1.807, 2.05) is 13.8 Å². The Hall–Kier alpha value is -3.25. The van der Waals surface area contributed by atoms with Crippen LogP contribution in [0.5, 0.6) is 0 Å². The average molecular weight is 656 g/mol. The van der Waals surface area contributed by atoms with Gasteiger partial charge in [0.25, 0.3) is 0 Å². The van der Waals surface area contributed by atoms with Gasteiger partial charge in [0.15, 0.2) is 0 Å². The van der Waals surface area contributed by atoms with E-state index in [1.165, 1.54) is 0 Å². The molecule has 3 amide bonds. The van der Waals surface area contributed by atoms with Crippen LogP contribution in [0.25, 0.3) is 0 Å². The van der Waals surface area contributed by atoms with Gasteiger partial charge in [0, 0.05) is 24.8 Å². The van der Waals surface area contributed by atoms with Gasteiger partial charge in [0.05, 0.1) is 46.2 Å². The molecule has 0 aromatic carbocycles. The maximum absolute atomic E-state index is 13.3. The molecule has 0 radical (unpaired) electrons. The van der Waals surface area contributed by atoms with Crippen molar-refractivity contribution in [3.8, 4) is 12.3 Å². The molecule has 14 nitrogen and oxygen atoms in total. The van der Waals surface area contributed by atoms with Crippen molar-refractivity contribution >= 4 is 29.7 Å². The number of ether oxygens (including phenoxy) is 4. The maximum Gasteiger partial charge on any atom is 0.326 e. The molecule has 1 rings (SSSR count). The number of carbonyl (C=O) groups is 5. The van der Waals surface area contributed by atoms with Gasteiger partial charge in [0.2, 0.25) is 17.7 Å². The molecule has 14 heteroatoms. The van der Waals surface area contributed by atoms with Crippen LogP contribution in [0.2, 0.25) is 0 Å². The summed E-state index contributed by atoms with van der Waals surface area (Å²) in [6.45, 7) is 6.96. The first-order chi connectivity index (χ1) is 22.1. The number of carboxylic acids is 2. The van der Waals surface area contributed by atoms with Crippen LogP contribution in [-0.4, -0.2) is 111 Å². The van der Waals surface area contributed by atoms with E-state index in [2.05, 4.69) is 21.9 Å². The quantitative estimate of drug-likeness (QED) is 0.0632. The molecule has 0 aliphatic heterocycles. The number of rotatable bonds is 27. The Bertz CT molecular complexity index is 923. The number of carbonyl (C=O) groups excluding carboxylic acids is 3. The summed E-state index contributed by atoms with van der Waals surface area (Å²) in [5.41, 5.74) is 0. The average Bonchev–Trinajstić information content (AvgIpc) is 3.44. The normalized spacial score (nSPS) is 17.5. The third kappa shape index (κ3) is 17.4. The summed E-state index contributed by atoms with van der Waals surface area (Å²) in [5.74, 6) is -3.50. The van der Waals surface area contributed by atoms with E-state index in [9.17, 15) is 34.2 Å². The molecule has 0 aromatic rings. The Morgan fingerprint density at radius 1 is 0.739 bits per heavy atom. The second-order valence-corrected chi connectivity index (χ2v) is 11.3. The second-order valence-electron chi connectivity index (χ2n) is 11.3. The molecule has 0 spiro atoms. The molecule has 1 aliphatic carbocycles. The van der Waals surface area contributed by atoms with Gasteiger partial charge in [-0.1, -0.05) is 45.5 Å². The van der Waals surface area contributed by atoms with Crippen LogP contribution in [0.15, 0.2) is 0 Å². The predicted octanol–water partition coefficient (Wildman–Crippen LogP) is 1.35. The van der Waals surface area contributed by atoms with Gasteiger partial charge < -0.3 is 45.1 Å². The Labute approximate surface area is 272 Å². The summed E-state index contributed by atoms with van der Waals surface area (Å²) in [7, 11) is 0. The monoisotopic (exact) mass is 655 g/mol. The van der Waals surface area contributed by atoms with Crippen molar-refractivity contribution < 1.29 is 53.1 Å². The first kappa shape index (κ1) is 40.8. The third-order valence-electron chi connectivity index (χ3n) is 7.60. The van der Waals surface area contributed by atoms with Crippen LogP contribution in [0.3, 0.4) is 0 Å². The van der Waals surface area contributed by atoms with E-state index in [0.717, 1.165) is 12.8 Å². The summed E-state index contributed by atoms with van der Waals surface area (Å²) in [4.78, 5) is 62.7. The number of amides is 3. The molecule has 4 atom stereocenters. The van der Waals surface area contributed by atoms with E-state index in [0.29, 0.717) is 52.5 Å². The minimum atomic E-state index is -1.16. The van der Waals surface area contributed by atoms with E-state index in [-0.39, 0.29) is 63.7 Å². The van der Waals surface area contributed by atoms with Gasteiger partial charge in [-0.05, 0) is 31.6 Å². The SMILES string of the molecule is C#CCOCCOCCOCCOCCNC(=O)CC1C[C@@H](C(=O)N[C@@H](CCCC)C(=O)O)[C@H](C(=O)N[C@@H](CCCC)C(=O)O)C1. The number of hydrogen-bond acceptors (Lipinski definition) is 9. The number of terminal acetylenes is 1. The Morgan fingerprint density at radius 3 is 1.59 bits per heavy atom. The lowest BCUT2D eigenvalue weighted by atomic mass is 9.93. The van der Waals surface area contributed by atoms with Gasteiger partial charge in [-0.3, -0.25) is 14.4 Å².